The summed E-state index contributed by atoms with van der Waals surface area (Å²) in [4.78, 5) is 10.8. The Labute approximate surface area is 92.8 Å². The van der Waals surface area contributed by atoms with E-state index in [0.29, 0.717) is 6.42 Å². The van der Waals surface area contributed by atoms with Crippen molar-refractivity contribution >= 4 is 5.97 Å². The van der Waals surface area contributed by atoms with Gasteiger partial charge in [-0.3, -0.25) is 4.79 Å². The number of ether oxygens (including phenoxy) is 1. The van der Waals surface area contributed by atoms with E-state index in [9.17, 15) is 4.79 Å². The van der Waals surface area contributed by atoms with Crippen LogP contribution in [-0.4, -0.2) is 24.3 Å². The lowest BCUT2D eigenvalue weighted by Crippen LogP contribution is -1.99. The van der Waals surface area contributed by atoms with Crippen molar-refractivity contribution in [3.8, 4) is 0 Å². The van der Waals surface area contributed by atoms with Crippen LogP contribution < -0.4 is 0 Å². The molecular formula is C12H24O3. The number of rotatable bonds is 9. The smallest absolute Gasteiger partial charge is 0.305 e. The fraction of sp³-hybridized carbons (Fsp3) is 0.917. The van der Waals surface area contributed by atoms with Gasteiger partial charge in [-0.15, -0.1) is 0 Å². The van der Waals surface area contributed by atoms with E-state index in [1.807, 2.05) is 6.92 Å². The van der Waals surface area contributed by atoms with Crippen LogP contribution in [0.5, 0.6) is 0 Å². The zero-order valence-electron chi connectivity index (χ0n) is 10.00. The topological polar surface area (TPSA) is 46.5 Å². The third kappa shape index (κ3) is 11.4. The van der Waals surface area contributed by atoms with Crippen LogP contribution in [0.25, 0.3) is 0 Å². The summed E-state index contributed by atoms with van der Waals surface area (Å²) in [5, 5.41) is 9.03. The molecule has 0 rings (SSSR count). The molecule has 0 aromatic rings. The van der Waals surface area contributed by atoms with E-state index in [2.05, 4.69) is 4.74 Å². The van der Waals surface area contributed by atoms with Gasteiger partial charge >= 0.3 is 5.97 Å². The molecule has 0 unspecified atom stereocenters. The molecule has 3 heteroatoms. The highest BCUT2D eigenvalue weighted by molar-refractivity contribution is 5.68. The summed E-state index contributed by atoms with van der Waals surface area (Å²) in [5.41, 5.74) is 0. The number of hydrogen-bond acceptors (Lipinski definition) is 3. The lowest BCUT2D eigenvalue weighted by molar-refractivity contribution is -0.140. The van der Waals surface area contributed by atoms with Crippen LogP contribution in [0.1, 0.15) is 58.3 Å². The lowest BCUT2D eigenvalue weighted by atomic mass is 10.1. The SMILES string of the molecule is COC(=O)CCCCCCCC[C@@H](C)O. The Morgan fingerprint density at radius 3 is 2.20 bits per heavy atom. The van der Waals surface area contributed by atoms with Gasteiger partial charge in [-0.05, 0) is 19.8 Å². The summed E-state index contributed by atoms with van der Waals surface area (Å²) >= 11 is 0. The predicted octanol–water partition coefficient (Wildman–Crippen LogP) is 2.66. The molecule has 0 aliphatic rings. The fourth-order valence-corrected chi connectivity index (χ4v) is 1.52. The summed E-state index contributed by atoms with van der Waals surface area (Å²) in [7, 11) is 1.43. The second-order valence-corrected chi connectivity index (χ2v) is 4.09. The maximum Gasteiger partial charge on any atom is 0.305 e. The Hall–Kier alpha value is -0.570. The van der Waals surface area contributed by atoms with Gasteiger partial charge in [-0.2, -0.15) is 0 Å². The second-order valence-electron chi connectivity index (χ2n) is 4.09. The summed E-state index contributed by atoms with van der Waals surface area (Å²) in [6.45, 7) is 1.83. The predicted molar refractivity (Wildman–Crippen MR) is 60.6 cm³/mol. The van der Waals surface area contributed by atoms with Crippen molar-refractivity contribution in [2.45, 2.75) is 64.4 Å². The molecule has 0 aliphatic carbocycles. The van der Waals surface area contributed by atoms with Crippen molar-refractivity contribution in [1.29, 1.82) is 0 Å². The molecule has 0 bridgehead atoms. The number of carbonyl (C=O) groups excluding carboxylic acids is 1. The monoisotopic (exact) mass is 216 g/mol. The minimum Gasteiger partial charge on any atom is -0.469 e. The Morgan fingerprint density at radius 1 is 1.13 bits per heavy atom. The van der Waals surface area contributed by atoms with Gasteiger partial charge in [0.05, 0.1) is 13.2 Å². The first-order valence-electron chi connectivity index (χ1n) is 5.91. The molecular weight excluding hydrogens is 192 g/mol. The van der Waals surface area contributed by atoms with Gasteiger partial charge in [0.2, 0.25) is 0 Å². The van der Waals surface area contributed by atoms with E-state index < -0.39 is 0 Å². The maximum absolute atomic E-state index is 10.8. The average Bonchev–Trinajstić information content (AvgIpc) is 2.21. The van der Waals surface area contributed by atoms with Crippen LogP contribution >= 0.6 is 0 Å². The van der Waals surface area contributed by atoms with E-state index in [4.69, 9.17) is 5.11 Å². The molecule has 15 heavy (non-hydrogen) atoms. The van der Waals surface area contributed by atoms with Gasteiger partial charge in [0.15, 0.2) is 0 Å². The normalized spacial score (nSPS) is 12.5. The van der Waals surface area contributed by atoms with Crippen LogP contribution in [0.2, 0.25) is 0 Å². The number of aliphatic hydroxyl groups is 1. The number of carbonyl (C=O) groups is 1. The molecule has 0 saturated carbocycles. The molecule has 0 amide bonds. The average molecular weight is 216 g/mol. The van der Waals surface area contributed by atoms with Crippen molar-refractivity contribution in [1.82, 2.24) is 0 Å². The van der Waals surface area contributed by atoms with Crippen molar-refractivity contribution in [2.24, 2.45) is 0 Å². The van der Waals surface area contributed by atoms with E-state index in [1.165, 1.54) is 26.4 Å². The highest BCUT2D eigenvalue weighted by atomic mass is 16.5. The first kappa shape index (κ1) is 14.4. The molecule has 0 saturated heterocycles. The van der Waals surface area contributed by atoms with E-state index in [0.717, 1.165) is 25.7 Å². The number of aliphatic hydroxyl groups excluding tert-OH is 1. The molecule has 0 heterocycles. The quantitative estimate of drug-likeness (QED) is 0.476. The van der Waals surface area contributed by atoms with Gasteiger partial charge in [0.25, 0.3) is 0 Å². The van der Waals surface area contributed by atoms with Gasteiger partial charge < -0.3 is 9.84 Å². The highest BCUT2D eigenvalue weighted by Crippen LogP contribution is 2.09. The second kappa shape index (κ2) is 9.97. The first-order valence-corrected chi connectivity index (χ1v) is 5.91. The van der Waals surface area contributed by atoms with Gasteiger partial charge in [-0.1, -0.05) is 32.1 Å². The highest BCUT2D eigenvalue weighted by Gasteiger charge is 1.99. The van der Waals surface area contributed by atoms with Crippen molar-refractivity contribution in [2.75, 3.05) is 7.11 Å². The molecule has 0 aromatic carbocycles. The third-order valence-corrected chi connectivity index (χ3v) is 2.48. The van der Waals surface area contributed by atoms with Gasteiger partial charge in [-0.25, -0.2) is 0 Å². The summed E-state index contributed by atoms with van der Waals surface area (Å²) in [6, 6.07) is 0. The van der Waals surface area contributed by atoms with Gasteiger partial charge in [0.1, 0.15) is 0 Å². The molecule has 0 aliphatic heterocycles. The molecule has 0 fully saturated rings. The van der Waals surface area contributed by atoms with Gasteiger partial charge in [0, 0.05) is 6.42 Å². The zero-order chi connectivity index (χ0) is 11.5. The first-order chi connectivity index (χ1) is 7.16. The molecule has 0 aromatic heterocycles. The molecule has 1 atom stereocenters. The molecule has 3 nitrogen and oxygen atoms in total. The molecule has 0 spiro atoms. The minimum atomic E-state index is -0.163. The van der Waals surface area contributed by atoms with Crippen molar-refractivity contribution in [3.05, 3.63) is 0 Å². The molecule has 0 radical (unpaired) electrons. The van der Waals surface area contributed by atoms with Crippen molar-refractivity contribution < 1.29 is 14.6 Å². The van der Waals surface area contributed by atoms with Crippen LogP contribution in [0.3, 0.4) is 0 Å². The van der Waals surface area contributed by atoms with Crippen LogP contribution in [-0.2, 0) is 9.53 Å². The van der Waals surface area contributed by atoms with E-state index in [1.54, 1.807) is 0 Å². The van der Waals surface area contributed by atoms with Crippen molar-refractivity contribution in [3.63, 3.8) is 0 Å². The Kier molecular flexibility index (Phi) is 9.59. The van der Waals surface area contributed by atoms with Crippen LogP contribution in [0.4, 0.5) is 0 Å². The summed E-state index contributed by atoms with van der Waals surface area (Å²) in [5.74, 6) is -0.107. The van der Waals surface area contributed by atoms with Crippen LogP contribution in [0.15, 0.2) is 0 Å². The minimum absolute atomic E-state index is 0.107. The Balaban J connectivity index is 3.02. The van der Waals surface area contributed by atoms with Crippen LogP contribution in [0, 0.1) is 0 Å². The lowest BCUT2D eigenvalue weighted by Gasteiger charge is -2.03. The van der Waals surface area contributed by atoms with E-state index in [-0.39, 0.29) is 12.1 Å². The Bertz CT molecular complexity index is 155. The number of esters is 1. The Morgan fingerprint density at radius 2 is 1.67 bits per heavy atom. The number of methoxy groups -OCH3 is 1. The largest absolute Gasteiger partial charge is 0.469 e. The summed E-state index contributed by atoms with van der Waals surface area (Å²) in [6.07, 6.45) is 7.99. The standard InChI is InChI=1S/C12H24O3/c1-11(13)9-7-5-3-4-6-8-10-12(14)15-2/h11,13H,3-10H2,1-2H3/t11-/m1/s1. The summed E-state index contributed by atoms with van der Waals surface area (Å²) < 4.78 is 4.55. The molecule has 90 valence electrons. The molecule has 1 N–H and O–H groups in total. The number of hydrogen-bond donors (Lipinski definition) is 1. The zero-order valence-corrected chi connectivity index (χ0v) is 10.00. The number of unbranched alkanes of at least 4 members (excludes halogenated alkanes) is 5. The van der Waals surface area contributed by atoms with E-state index >= 15 is 0 Å². The maximum atomic E-state index is 10.8. The fourth-order valence-electron chi connectivity index (χ4n) is 1.52. The third-order valence-electron chi connectivity index (χ3n) is 2.48.